The van der Waals surface area contributed by atoms with Crippen molar-refractivity contribution in [2.45, 2.75) is 75.7 Å². The molecule has 0 aliphatic heterocycles. The van der Waals surface area contributed by atoms with Crippen LogP contribution in [0.15, 0.2) is 66.4 Å². The Morgan fingerprint density at radius 1 is 1.15 bits per heavy atom. The highest BCUT2D eigenvalue weighted by atomic mass is 35.5. The van der Waals surface area contributed by atoms with Gasteiger partial charge in [-0.3, -0.25) is 4.98 Å². The summed E-state index contributed by atoms with van der Waals surface area (Å²) in [5.41, 5.74) is 6.04. The summed E-state index contributed by atoms with van der Waals surface area (Å²) in [4.78, 5) is 17.2. The summed E-state index contributed by atoms with van der Waals surface area (Å²) in [5.74, 6) is 0.978. The normalized spacial score (nSPS) is 25.7. The quantitative estimate of drug-likeness (QED) is 0.294. The Balaban J connectivity index is 1.20. The fourth-order valence-corrected chi connectivity index (χ4v) is 7.44. The van der Waals surface area contributed by atoms with Gasteiger partial charge in [0.2, 0.25) is 0 Å². The zero-order valence-corrected chi connectivity index (χ0v) is 24.0. The monoisotopic (exact) mass is 556 g/mol. The SMILES string of the molecule is C[C@@H](COc1ccnc2c1[C@H](C)CC2)CC1=Cc2ccccc2C12CCC(Nc1cccc(Cl)c1)(C(=O)O)CC2. The van der Waals surface area contributed by atoms with Crippen LogP contribution in [0.2, 0.25) is 5.02 Å². The maximum atomic E-state index is 12.7. The largest absolute Gasteiger partial charge is 0.493 e. The lowest BCUT2D eigenvalue weighted by molar-refractivity contribution is -0.143. The first-order chi connectivity index (χ1) is 19.3. The minimum Gasteiger partial charge on any atom is -0.493 e. The van der Waals surface area contributed by atoms with Crippen LogP contribution in [0.3, 0.4) is 0 Å². The third-order valence-corrected chi connectivity index (χ3v) is 9.66. The number of benzene rings is 2. The summed E-state index contributed by atoms with van der Waals surface area (Å²) < 4.78 is 6.42. The van der Waals surface area contributed by atoms with E-state index >= 15 is 0 Å². The second-order valence-corrected chi connectivity index (χ2v) is 12.5. The molecular formula is C34H37ClN2O3. The molecule has 1 fully saturated rings. The average Bonchev–Trinajstić information content (AvgIpc) is 3.47. The van der Waals surface area contributed by atoms with Crippen LogP contribution in [0, 0.1) is 5.92 Å². The molecule has 0 radical (unpaired) electrons. The van der Waals surface area contributed by atoms with Crippen molar-refractivity contribution >= 4 is 29.3 Å². The van der Waals surface area contributed by atoms with Crippen LogP contribution >= 0.6 is 11.6 Å². The molecule has 2 aromatic carbocycles. The number of hydrogen-bond donors (Lipinski definition) is 2. The van der Waals surface area contributed by atoms with E-state index in [1.54, 1.807) is 12.1 Å². The van der Waals surface area contributed by atoms with Gasteiger partial charge in [-0.1, -0.05) is 67.4 Å². The number of allylic oxidation sites excluding steroid dienone is 1. The van der Waals surface area contributed by atoms with E-state index in [9.17, 15) is 9.90 Å². The lowest BCUT2D eigenvalue weighted by atomic mass is 9.61. The molecule has 0 saturated heterocycles. The number of fused-ring (bicyclic) bond motifs is 3. The highest BCUT2D eigenvalue weighted by Gasteiger charge is 2.51. The fraction of sp³-hybridized carbons (Fsp3) is 0.412. The van der Waals surface area contributed by atoms with Crippen molar-refractivity contribution in [3.8, 4) is 5.75 Å². The van der Waals surface area contributed by atoms with Crippen molar-refractivity contribution in [3.05, 3.63) is 93.8 Å². The Labute approximate surface area is 241 Å². The molecule has 2 N–H and O–H groups in total. The Kier molecular flexibility index (Phi) is 7.12. The molecule has 1 heterocycles. The summed E-state index contributed by atoms with van der Waals surface area (Å²) >= 11 is 6.20. The van der Waals surface area contributed by atoms with Crippen molar-refractivity contribution in [2.24, 2.45) is 5.92 Å². The smallest absolute Gasteiger partial charge is 0.329 e. The molecule has 3 aliphatic carbocycles. The molecule has 40 heavy (non-hydrogen) atoms. The molecule has 3 aromatic rings. The topological polar surface area (TPSA) is 71.5 Å². The Hall–Kier alpha value is -3.31. The van der Waals surface area contributed by atoms with Gasteiger partial charge in [-0.25, -0.2) is 4.79 Å². The Morgan fingerprint density at radius 2 is 1.95 bits per heavy atom. The van der Waals surface area contributed by atoms with Crippen LogP contribution in [0.25, 0.3) is 6.08 Å². The second-order valence-electron chi connectivity index (χ2n) is 12.1. The van der Waals surface area contributed by atoms with Crippen LogP contribution in [-0.2, 0) is 16.6 Å². The van der Waals surface area contributed by atoms with Crippen molar-refractivity contribution in [1.82, 2.24) is 4.98 Å². The summed E-state index contributed by atoms with van der Waals surface area (Å²) in [6, 6.07) is 18.0. The predicted molar refractivity (Wildman–Crippen MR) is 160 cm³/mol. The summed E-state index contributed by atoms with van der Waals surface area (Å²) in [7, 11) is 0. The Bertz CT molecular complexity index is 1460. The third-order valence-electron chi connectivity index (χ3n) is 9.43. The molecule has 1 spiro atoms. The first-order valence-electron chi connectivity index (χ1n) is 14.5. The maximum Gasteiger partial charge on any atom is 0.329 e. The number of anilines is 1. The van der Waals surface area contributed by atoms with Crippen LogP contribution < -0.4 is 10.1 Å². The van der Waals surface area contributed by atoms with Crippen LogP contribution in [-0.4, -0.2) is 28.2 Å². The van der Waals surface area contributed by atoms with E-state index < -0.39 is 11.5 Å². The summed E-state index contributed by atoms with van der Waals surface area (Å²) in [5, 5.41) is 14.3. The third kappa shape index (κ3) is 4.79. The number of nitrogens with zero attached hydrogens (tertiary/aromatic N) is 1. The molecule has 6 heteroatoms. The van der Waals surface area contributed by atoms with E-state index in [1.165, 1.54) is 28.0 Å². The number of carboxylic acids is 1. The van der Waals surface area contributed by atoms with Gasteiger partial charge in [0.25, 0.3) is 0 Å². The zero-order chi connectivity index (χ0) is 27.9. The fourth-order valence-electron chi connectivity index (χ4n) is 7.25. The van der Waals surface area contributed by atoms with Crippen molar-refractivity contribution in [2.75, 3.05) is 11.9 Å². The van der Waals surface area contributed by atoms with E-state index in [0.717, 1.165) is 43.5 Å². The number of halogens is 1. The maximum absolute atomic E-state index is 12.7. The number of aliphatic carboxylic acids is 1. The Morgan fingerprint density at radius 3 is 2.73 bits per heavy atom. The predicted octanol–water partition coefficient (Wildman–Crippen LogP) is 8.03. The van der Waals surface area contributed by atoms with Crippen LogP contribution in [0.1, 0.15) is 80.7 Å². The standard InChI is InChI=1S/C34H37ClN2O3/c1-22(21-40-30-12-17-36-29-11-10-23(2)31(29)30)18-25-19-24-6-3-4-9-28(24)33(25)13-15-34(16-14-33,32(38)39)37-27-8-5-7-26(35)20-27/h3-9,12,17,19-20,22-23,37H,10-11,13-16,18,21H2,1-2H3,(H,38,39)/t22-,23-,33?,34?/m1/s1. The van der Waals surface area contributed by atoms with Gasteiger partial charge in [0.1, 0.15) is 11.3 Å². The van der Waals surface area contributed by atoms with Crippen LogP contribution in [0.4, 0.5) is 5.69 Å². The number of nitrogens with one attached hydrogen (secondary N) is 1. The van der Waals surface area contributed by atoms with E-state index in [0.29, 0.717) is 36.3 Å². The highest BCUT2D eigenvalue weighted by molar-refractivity contribution is 6.30. The number of carbonyl (C=O) groups is 1. The van der Waals surface area contributed by atoms with Crippen molar-refractivity contribution in [1.29, 1.82) is 0 Å². The molecular weight excluding hydrogens is 520 g/mol. The van der Waals surface area contributed by atoms with Gasteiger partial charge in [-0.05, 0) is 92.2 Å². The number of aromatic nitrogens is 1. The molecule has 0 amide bonds. The first kappa shape index (κ1) is 26.9. The molecule has 5 nitrogen and oxygen atoms in total. The lowest BCUT2D eigenvalue weighted by Gasteiger charge is -2.46. The minimum absolute atomic E-state index is 0.147. The second kappa shape index (κ2) is 10.6. The van der Waals surface area contributed by atoms with E-state index in [2.05, 4.69) is 54.5 Å². The van der Waals surface area contributed by atoms with Gasteiger partial charge < -0.3 is 15.2 Å². The molecule has 0 bridgehead atoms. The molecule has 208 valence electrons. The number of pyridine rings is 1. The van der Waals surface area contributed by atoms with Gasteiger partial charge >= 0.3 is 5.97 Å². The molecule has 1 aromatic heterocycles. The van der Waals surface area contributed by atoms with E-state index in [4.69, 9.17) is 16.3 Å². The highest BCUT2D eigenvalue weighted by Crippen LogP contribution is 2.55. The number of hydrogen-bond acceptors (Lipinski definition) is 4. The molecule has 1 saturated carbocycles. The number of carboxylic acid groups (broad SMARTS) is 1. The van der Waals surface area contributed by atoms with Gasteiger partial charge in [-0.15, -0.1) is 0 Å². The number of rotatable bonds is 8. The first-order valence-corrected chi connectivity index (χ1v) is 14.9. The van der Waals surface area contributed by atoms with Crippen molar-refractivity contribution < 1.29 is 14.6 Å². The van der Waals surface area contributed by atoms with Crippen LogP contribution in [0.5, 0.6) is 5.75 Å². The van der Waals surface area contributed by atoms with Gasteiger partial charge in [0, 0.05) is 33.6 Å². The average molecular weight is 557 g/mol. The van der Waals surface area contributed by atoms with E-state index in [-0.39, 0.29) is 5.41 Å². The van der Waals surface area contributed by atoms with Gasteiger partial charge in [-0.2, -0.15) is 0 Å². The number of ether oxygens (including phenoxy) is 1. The van der Waals surface area contributed by atoms with Gasteiger partial charge in [0.15, 0.2) is 0 Å². The van der Waals surface area contributed by atoms with Crippen molar-refractivity contribution in [3.63, 3.8) is 0 Å². The zero-order valence-electron chi connectivity index (χ0n) is 23.3. The lowest BCUT2D eigenvalue weighted by Crippen LogP contribution is -2.52. The molecule has 0 unspecified atom stereocenters. The summed E-state index contributed by atoms with van der Waals surface area (Å²) in [6.07, 6.45) is 9.93. The molecule has 3 aliphatic rings. The summed E-state index contributed by atoms with van der Waals surface area (Å²) in [6.45, 7) is 5.16. The molecule has 2 atom stereocenters. The van der Waals surface area contributed by atoms with E-state index in [1.807, 2.05) is 24.4 Å². The number of aryl methyl sites for hydroxylation is 1. The molecule has 6 rings (SSSR count). The van der Waals surface area contributed by atoms with Gasteiger partial charge in [0.05, 0.1) is 6.61 Å². The minimum atomic E-state index is -1.02.